The summed E-state index contributed by atoms with van der Waals surface area (Å²) in [7, 11) is -3.51. The molecular weight excluding hydrogens is 372 g/mol. The van der Waals surface area contributed by atoms with Crippen molar-refractivity contribution in [2.24, 2.45) is 0 Å². The summed E-state index contributed by atoms with van der Waals surface area (Å²) in [5, 5.41) is 2.90. The van der Waals surface area contributed by atoms with Crippen molar-refractivity contribution in [3.63, 3.8) is 0 Å². The summed E-state index contributed by atoms with van der Waals surface area (Å²) in [6.45, 7) is 6.91. The van der Waals surface area contributed by atoms with Crippen LogP contribution in [0.2, 0.25) is 0 Å². The minimum atomic E-state index is -3.51. The number of carbonyl (C=O) groups excluding carboxylic acids is 1. The molecule has 0 spiro atoms. The van der Waals surface area contributed by atoms with Crippen molar-refractivity contribution >= 4 is 21.6 Å². The predicted octanol–water partition coefficient (Wildman–Crippen LogP) is 4.63. The third-order valence-corrected chi connectivity index (χ3v) is 6.55. The monoisotopic (exact) mass is 402 g/mol. The van der Waals surface area contributed by atoms with Gasteiger partial charge in [-0.25, -0.2) is 8.42 Å². The zero-order chi connectivity index (χ0) is 20.6. The number of nitrogens with zero attached hydrogens (tertiary/aromatic N) is 1. The van der Waals surface area contributed by atoms with Gasteiger partial charge < -0.3 is 5.32 Å². The highest BCUT2D eigenvalue weighted by molar-refractivity contribution is 7.89. The zero-order valence-corrected chi connectivity index (χ0v) is 17.7. The number of rotatable bonds is 10. The Morgan fingerprint density at radius 3 is 2.00 bits per heavy atom. The summed E-state index contributed by atoms with van der Waals surface area (Å²) in [5.41, 5.74) is 1.56. The van der Waals surface area contributed by atoms with Crippen LogP contribution < -0.4 is 5.32 Å². The van der Waals surface area contributed by atoms with E-state index in [1.165, 1.54) is 4.31 Å². The van der Waals surface area contributed by atoms with Crippen LogP contribution in [0.25, 0.3) is 0 Å². The molecule has 0 radical (unpaired) electrons. The van der Waals surface area contributed by atoms with E-state index in [-0.39, 0.29) is 16.7 Å². The molecule has 5 nitrogen and oxygen atoms in total. The first-order valence-corrected chi connectivity index (χ1v) is 11.3. The van der Waals surface area contributed by atoms with Crippen molar-refractivity contribution in [2.45, 2.75) is 50.8 Å². The van der Waals surface area contributed by atoms with Gasteiger partial charge in [-0.2, -0.15) is 4.31 Å². The molecule has 0 bridgehead atoms. The van der Waals surface area contributed by atoms with Crippen LogP contribution >= 0.6 is 0 Å². The van der Waals surface area contributed by atoms with Gasteiger partial charge in [-0.05, 0) is 49.1 Å². The molecule has 1 atom stereocenters. The van der Waals surface area contributed by atoms with Crippen LogP contribution in [-0.2, 0) is 14.8 Å². The van der Waals surface area contributed by atoms with Gasteiger partial charge >= 0.3 is 0 Å². The fourth-order valence-electron chi connectivity index (χ4n) is 3.20. The van der Waals surface area contributed by atoms with Crippen molar-refractivity contribution in [1.29, 1.82) is 0 Å². The Morgan fingerprint density at radius 2 is 1.50 bits per heavy atom. The van der Waals surface area contributed by atoms with Crippen LogP contribution in [0.4, 0.5) is 5.69 Å². The molecule has 0 aliphatic rings. The minimum absolute atomic E-state index is 0.0945. The second-order valence-corrected chi connectivity index (χ2v) is 8.73. The lowest BCUT2D eigenvalue weighted by Gasteiger charge is -2.21. The molecule has 1 N–H and O–H groups in total. The summed E-state index contributed by atoms with van der Waals surface area (Å²) in [5.74, 6) is -0.336. The lowest BCUT2D eigenvalue weighted by molar-refractivity contribution is -0.117. The quantitative estimate of drug-likeness (QED) is 0.630. The molecule has 1 amide bonds. The van der Waals surface area contributed by atoms with Crippen molar-refractivity contribution in [1.82, 2.24) is 4.31 Å². The molecule has 6 heteroatoms. The highest BCUT2D eigenvalue weighted by Gasteiger charge is 2.23. The maximum absolute atomic E-state index is 12.8. The van der Waals surface area contributed by atoms with E-state index in [0.717, 1.165) is 18.4 Å². The lowest BCUT2D eigenvalue weighted by atomic mass is 9.95. The average Bonchev–Trinajstić information content (AvgIpc) is 2.69. The molecule has 0 fully saturated rings. The van der Waals surface area contributed by atoms with Gasteiger partial charge in [0, 0.05) is 18.8 Å². The Kier molecular flexibility index (Phi) is 8.20. The van der Waals surface area contributed by atoms with Crippen LogP contribution in [0, 0.1) is 0 Å². The number of nitrogens with one attached hydrogen (secondary N) is 1. The van der Waals surface area contributed by atoms with Gasteiger partial charge in [0.05, 0.1) is 10.8 Å². The third kappa shape index (κ3) is 5.42. The molecule has 0 aromatic heterocycles. The van der Waals surface area contributed by atoms with Crippen LogP contribution in [0.3, 0.4) is 0 Å². The second kappa shape index (κ2) is 10.4. The second-order valence-electron chi connectivity index (χ2n) is 6.79. The van der Waals surface area contributed by atoms with Gasteiger partial charge in [-0.15, -0.1) is 0 Å². The fourth-order valence-corrected chi connectivity index (χ4v) is 4.82. The van der Waals surface area contributed by atoms with E-state index in [2.05, 4.69) is 5.32 Å². The maximum Gasteiger partial charge on any atom is 0.243 e. The predicted molar refractivity (Wildman–Crippen MR) is 114 cm³/mol. The molecule has 2 aromatic rings. The first kappa shape index (κ1) is 22.1. The highest BCUT2D eigenvalue weighted by atomic mass is 32.2. The summed E-state index contributed by atoms with van der Waals surface area (Å²) < 4.78 is 27.2. The topological polar surface area (TPSA) is 66.5 Å². The molecular formula is C22H30N2O3S. The van der Waals surface area contributed by atoms with Crippen molar-refractivity contribution in [3.05, 3.63) is 60.2 Å². The molecule has 28 heavy (non-hydrogen) atoms. The molecule has 0 aliphatic carbocycles. The van der Waals surface area contributed by atoms with E-state index in [4.69, 9.17) is 0 Å². The Balaban J connectivity index is 2.14. The van der Waals surface area contributed by atoms with Gasteiger partial charge in [0.1, 0.15) is 0 Å². The molecule has 2 rings (SSSR count). The molecule has 152 valence electrons. The average molecular weight is 403 g/mol. The van der Waals surface area contributed by atoms with Gasteiger partial charge in [-0.1, -0.05) is 51.1 Å². The molecule has 0 saturated carbocycles. The van der Waals surface area contributed by atoms with E-state index in [1.54, 1.807) is 24.3 Å². The Labute approximate surface area is 168 Å². The summed E-state index contributed by atoms with van der Waals surface area (Å²) in [6.07, 6.45) is 2.22. The van der Waals surface area contributed by atoms with Crippen molar-refractivity contribution in [2.75, 3.05) is 18.4 Å². The number of sulfonamides is 1. The van der Waals surface area contributed by atoms with Gasteiger partial charge in [0.25, 0.3) is 0 Å². The molecule has 0 heterocycles. The first-order chi connectivity index (χ1) is 13.4. The number of benzene rings is 2. The number of carbonyl (C=O) groups is 1. The van der Waals surface area contributed by atoms with E-state index < -0.39 is 10.0 Å². The molecule has 1 unspecified atom stereocenters. The standard InChI is InChI=1S/C22H30N2O3S/c1-4-16-24(17-5-2)28(26,27)20-14-12-19(13-15-20)23-22(25)21(6-3)18-10-8-7-9-11-18/h7-15,21H,4-6,16-17H2,1-3H3,(H,23,25). The highest BCUT2D eigenvalue weighted by Crippen LogP contribution is 2.23. The Hall–Kier alpha value is -2.18. The minimum Gasteiger partial charge on any atom is -0.326 e. The number of hydrogen-bond donors (Lipinski definition) is 1. The summed E-state index contributed by atoms with van der Waals surface area (Å²) >= 11 is 0. The Bertz CT molecular complexity index is 843. The first-order valence-electron chi connectivity index (χ1n) is 9.90. The normalized spacial score (nSPS) is 12.7. The van der Waals surface area contributed by atoms with Gasteiger partial charge in [-0.3, -0.25) is 4.79 Å². The van der Waals surface area contributed by atoms with Crippen molar-refractivity contribution in [3.8, 4) is 0 Å². The van der Waals surface area contributed by atoms with Gasteiger partial charge in [0.15, 0.2) is 0 Å². The summed E-state index contributed by atoms with van der Waals surface area (Å²) in [6, 6.07) is 16.1. The molecule has 2 aromatic carbocycles. The van der Waals surface area contributed by atoms with E-state index in [9.17, 15) is 13.2 Å². The number of amides is 1. The molecule has 0 saturated heterocycles. The van der Waals surface area contributed by atoms with Crippen LogP contribution in [0.5, 0.6) is 0 Å². The van der Waals surface area contributed by atoms with Crippen molar-refractivity contribution < 1.29 is 13.2 Å². The SMILES string of the molecule is CCCN(CCC)S(=O)(=O)c1ccc(NC(=O)C(CC)c2ccccc2)cc1. The largest absolute Gasteiger partial charge is 0.326 e. The van der Waals surface area contributed by atoms with Crippen LogP contribution in [-0.4, -0.2) is 31.7 Å². The third-order valence-electron chi connectivity index (χ3n) is 4.63. The maximum atomic E-state index is 12.8. The molecule has 0 aliphatic heterocycles. The van der Waals surface area contributed by atoms with E-state index >= 15 is 0 Å². The zero-order valence-electron chi connectivity index (χ0n) is 16.9. The number of anilines is 1. The van der Waals surface area contributed by atoms with Crippen LogP contribution in [0.1, 0.15) is 51.5 Å². The lowest BCUT2D eigenvalue weighted by Crippen LogP contribution is -2.32. The number of hydrogen-bond acceptors (Lipinski definition) is 3. The smallest absolute Gasteiger partial charge is 0.243 e. The van der Waals surface area contributed by atoms with E-state index in [1.807, 2.05) is 51.1 Å². The van der Waals surface area contributed by atoms with E-state index in [0.29, 0.717) is 25.2 Å². The van der Waals surface area contributed by atoms with Crippen LogP contribution in [0.15, 0.2) is 59.5 Å². The van der Waals surface area contributed by atoms with Gasteiger partial charge in [0.2, 0.25) is 15.9 Å². The summed E-state index contributed by atoms with van der Waals surface area (Å²) in [4.78, 5) is 12.9. The fraction of sp³-hybridized carbons (Fsp3) is 0.409. The Morgan fingerprint density at radius 1 is 0.929 bits per heavy atom.